The first-order valence-corrected chi connectivity index (χ1v) is 7.09. The Hall–Kier alpha value is -1.47. The van der Waals surface area contributed by atoms with Crippen LogP contribution in [-0.2, 0) is 12.2 Å². The largest absolute Gasteiger partial charge is 0.477 e. The Balaban J connectivity index is 2.08. The molecule has 0 aromatic carbocycles. The van der Waals surface area contributed by atoms with Crippen molar-refractivity contribution in [1.82, 2.24) is 14.3 Å². The molecule has 0 saturated heterocycles. The van der Waals surface area contributed by atoms with Crippen molar-refractivity contribution >= 4 is 29.3 Å². The normalized spacial score (nSPS) is 10.5. The molecule has 2 aromatic rings. The van der Waals surface area contributed by atoms with E-state index in [0.29, 0.717) is 11.3 Å². The van der Waals surface area contributed by atoms with Crippen LogP contribution in [0.15, 0.2) is 22.7 Å². The molecule has 94 valence electrons. The number of thioether (sulfide) groups is 1. The highest BCUT2D eigenvalue weighted by molar-refractivity contribution is 8.00. The second-order valence-electron chi connectivity index (χ2n) is 3.44. The van der Waals surface area contributed by atoms with Crippen molar-refractivity contribution < 1.29 is 9.90 Å². The van der Waals surface area contributed by atoms with Gasteiger partial charge in [-0.25, -0.2) is 14.8 Å². The van der Waals surface area contributed by atoms with E-state index in [1.54, 1.807) is 12.1 Å². The molecule has 0 unspecified atom stereocenters. The van der Waals surface area contributed by atoms with Gasteiger partial charge in [-0.2, -0.15) is 4.37 Å². The SMILES string of the molecule is CCc1nsc(SCc2cccnc2C(=O)O)n1. The standard InChI is InChI=1S/C11H11N3O2S2/c1-2-8-13-11(18-14-8)17-6-7-4-3-5-12-9(7)10(15)16/h3-5H,2,6H2,1H3,(H,15,16). The zero-order valence-corrected chi connectivity index (χ0v) is 11.3. The summed E-state index contributed by atoms with van der Waals surface area (Å²) >= 11 is 2.82. The number of carboxylic acids is 1. The number of aromatic carboxylic acids is 1. The van der Waals surface area contributed by atoms with Crippen molar-refractivity contribution in [3.63, 3.8) is 0 Å². The van der Waals surface area contributed by atoms with Crippen molar-refractivity contribution in [3.05, 3.63) is 35.4 Å². The number of carbonyl (C=O) groups is 1. The summed E-state index contributed by atoms with van der Waals surface area (Å²) in [6, 6.07) is 3.51. The van der Waals surface area contributed by atoms with Crippen molar-refractivity contribution in [2.24, 2.45) is 0 Å². The maximum absolute atomic E-state index is 11.0. The molecule has 2 rings (SSSR count). The number of pyridine rings is 1. The smallest absolute Gasteiger partial charge is 0.354 e. The van der Waals surface area contributed by atoms with Gasteiger partial charge in [-0.3, -0.25) is 0 Å². The average molecular weight is 281 g/mol. The topological polar surface area (TPSA) is 76.0 Å². The van der Waals surface area contributed by atoms with E-state index in [1.165, 1.54) is 29.5 Å². The van der Waals surface area contributed by atoms with Crippen LogP contribution in [-0.4, -0.2) is 25.4 Å². The van der Waals surface area contributed by atoms with Crippen LogP contribution in [0.2, 0.25) is 0 Å². The molecular weight excluding hydrogens is 270 g/mol. The van der Waals surface area contributed by atoms with Crippen LogP contribution < -0.4 is 0 Å². The molecule has 0 amide bonds. The highest BCUT2D eigenvalue weighted by Crippen LogP contribution is 2.25. The third-order valence-electron chi connectivity index (χ3n) is 2.21. The quantitative estimate of drug-likeness (QED) is 0.849. The maximum atomic E-state index is 11.0. The summed E-state index contributed by atoms with van der Waals surface area (Å²) in [6.07, 6.45) is 2.29. The summed E-state index contributed by atoms with van der Waals surface area (Å²) in [4.78, 5) is 19.2. The first-order chi connectivity index (χ1) is 8.70. The van der Waals surface area contributed by atoms with E-state index < -0.39 is 5.97 Å². The van der Waals surface area contributed by atoms with Gasteiger partial charge >= 0.3 is 5.97 Å². The Morgan fingerprint density at radius 3 is 3.06 bits per heavy atom. The summed E-state index contributed by atoms with van der Waals surface area (Å²) in [5.41, 5.74) is 0.800. The van der Waals surface area contributed by atoms with Gasteiger partial charge in [0.15, 0.2) is 10.0 Å². The second-order valence-corrected chi connectivity index (χ2v) is 5.41. The first kappa shape index (κ1) is 13.0. The van der Waals surface area contributed by atoms with E-state index in [1.807, 2.05) is 6.92 Å². The van der Waals surface area contributed by atoms with Gasteiger partial charge in [0.2, 0.25) is 0 Å². The van der Waals surface area contributed by atoms with Crippen molar-refractivity contribution in [1.29, 1.82) is 0 Å². The highest BCUT2D eigenvalue weighted by atomic mass is 32.2. The maximum Gasteiger partial charge on any atom is 0.354 e. The predicted octanol–water partition coefficient (Wildman–Crippen LogP) is 2.49. The van der Waals surface area contributed by atoms with Crippen LogP contribution in [0.4, 0.5) is 0 Å². The van der Waals surface area contributed by atoms with Gasteiger partial charge in [0.25, 0.3) is 0 Å². The van der Waals surface area contributed by atoms with Gasteiger partial charge < -0.3 is 5.11 Å². The molecular formula is C11H11N3O2S2. The van der Waals surface area contributed by atoms with Gasteiger partial charge in [-0.15, -0.1) is 0 Å². The molecule has 18 heavy (non-hydrogen) atoms. The lowest BCUT2D eigenvalue weighted by Gasteiger charge is -2.02. The van der Waals surface area contributed by atoms with Crippen LogP contribution >= 0.6 is 23.3 Å². The fraction of sp³-hybridized carbons (Fsp3) is 0.273. The third-order valence-corrected chi connectivity index (χ3v) is 4.13. The lowest BCUT2D eigenvalue weighted by molar-refractivity contribution is 0.0689. The number of hydrogen-bond donors (Lipinski definition) is 1. The van der Waals surface area contributed by atoms with Gasteiger partial charge in [0.05, 0.1) is 0 Å². The van der Waals surface area contributed by atoms with Crippen molar-refractivity contribution in [3.8, 4) is 0 Å². The van der Waals surface area contributed by atoms with Crippen molar-refractivity contribution in [2.75, 3.05) is 0 Å². The molecule has 0 aliphatic rings. The van der Waals surface area contributed by atoms with E-state index >= 15 is 0 Å². The first-order valence-electron chi connectivity index (χ1n) is 5.33. The molecule has 2 aromatic heterocycles. The Kier molecular flexibility index (Phi) is 4.27. The summed E-state index contributed by atoms with van der Waals surface area (Å²) < 4.78 is 5.04. The van der Waals surface area contributed by atoms with Crippen LogP contribution in [0.1, 0.15) is 28.8 Å². The number of hydrogen-bond acceptors (Lipinski definition) is 6. The van der Waals surface area contributed by atoms with E-state index in [2.05, 4.69) is 14.3 Å². The van der Waals surface area contributed by atoms with Crippen molar-refractivity contribution in [2.45, 2.75) is 23.4 Å². The molecule has 2 heterocycles. The number of aromatic nitrogens is 3. The molecule has 7 heteroatoms. The van der Waals surface area contributed by atoms with E-state index in [-0.39, 0.29) is 5.69 Å². The Morgan fingerprint density at radius 2 is 2.39 bits per heavy atom. The molecule has 0 aliphatic heterocycles. The fourth-order valence-electron chi connectivity index (χ4n) is 1.33. The monoisotopic (exact) mass is 281 g/mol. The number of aryl methyl sites for hydroxylation is 1. The minimum absolute atomic E-state index is 0.102. The number of carboxylic acid groups (broad SMARTS) is 1. The molecule has 0 bridgehead atoms. The Bertz CT molecular complexity index is 557. The molecule has 0 saturated carbocycles. The molecule has 0 aliphatic carbocycles. The summed E-state index contributed by atoms with van der Waals surface area (Å²) in [5.74, 6) is 0.359. The Morgan fingerprint density at radius 1 is 1.56 bits per heavy atom. The summed E-state index contributed by atoms with van der Waals surface area (Å²) in [6.45, 7) is 2.00. The van der Waals surface area contributed by atoms with Gasteiger partial charge in [-0.1, -0.05) is 24.8 Å². The third kappa shape index (κ3) is 3.05. The predicted molar refractivity (Wildman–Crippen MR) is 70.0 cm³/mol. The zero-order chi connectivity index (χ0) is 13.0. The minimum atomic E-state index is -1.00. The van der Waals surface area contributed by atoms with Crippen LogP contribution in [0, 0.1) is 0 Å². The van der Waals surface area contributed by atoms with E-state index in [9.17, 15) is 4.79 Å². The summed E-state index contributed by atoms with van der Waals surface area (Å²) in [5, 5.41) is 9.01. The highest BCUT2D eigenvalue weighted by Gasteiger charge is 2.12. The van der Waals surface area contributed by atoms with Gasteiger partial charge in [0, 0.05) is 18.4 Å². The summed E-state index contributed by atoms with van der Waals surface area (Å²) in [7, 11) is 0. The van der Waals surface area contributed by atoms with Crippen LogP contribution in [0.3, 0.4) is 0 Å². The van der Waals surface area contributed by atoms with Gasteiger partial charge in [0.1, 0.15) is 5.82 Å². The molecule has 0 fully saturated rings. The molecule has 1 N–H and O–H groups in total. The molecule has 0 atom stereocenters. The second kappa shape index (κ2) is 5.92. The lowest BCUT2D eigenvalue weighted by Crippen LogP contribution is -2.04. The molecule has 0 radical (unpaired) electrons. The minimum Gasteiger partial charge on any atom is -0.477 e. The zero-order valence-electron chi connectivity index (χ0n) is 9.66. The molecule has 5 nitrogen and oxygen atoms in total. The average Bonchev–Trinajstić information content (AvgIpc) is 2.84. The number of rotatable bonds is 5. The van der Waals surface area contributed by atoms with Crippen LogP contribution in [0.5, 0.6) is 0 Å². The van der Waals surface area contributed by atoms with E-state index in [4.69, 9.17) is 5.11 Å². The van der Waals surface area contributed by atoms with E-state index in [0.717, 1.165) is 16.6 Å². The fourth-order valence-corrected chi connectivity index (χ4v) is 3.01. The lowest BCUT2D eigenvalue weighted by atomic mass is 10.2. The molecule has 0 spiro atoms. The number of nitrogens with zero attached hydrogens (tertiary/aromatic N) is 3. The Labute approximate surface area is 112 Å². The van der Waals surface area contributed by atoms with Crippen LogP contribution in [0.25, 0.3) is 0 Å². The van der Waals surface area contributed by atoms with Gasteiger partial charge in [-0.05, 0) is 23.2 Å².